The number of benzene rings is 1. The average molecular weight is 287 g/mol. The zero-order valence-electron chi connectivity index (χ0n) is 12.3. The Morgan fingerprint density at radius 2 is 2.24 bits per heavy atom. The van der Waals surface area contributed by atoms with Crippen molar-refractivity contribution in [2.45, 2.75) is 45.3 Å². The minimum atomic E-state index is -0.382. The highest BCUT2D eigenvalue weighted by Gasteiger charge is 2.22. The average Bonchev–Trinajstić information content (AvgIpc) is 2.87. The van der Waals surface area contributed by atoms with Crippen molar-refractivity contribution in [3.8, 4) is 0 Å². The Morgan fingerprint density at radius 3 is 3.10 bits per heavy atom. The summed E-state index contributed by atoms with van der Waals surface area (Å²) in [7, 11) is 0. The number of hydrogen-bond acceptors (Lipinski definition) is 5. The first-order valence-corrected chi connectivity index (χ1v) is 7.61. The van der Waals surface area contributed by atoms with E-state index in [9.17, 15) is 5.11 Å². The molecule has 0 amide bonds. The van der Waals surface area contributed by atoms with Crippen molar-refractivity contribution in [3.05, 3.63) is 41.5 Å². The molecule has 5 heteroatoms. The number of hydrogen-bond donors (Lipinski definition) is 1. The van der Waals surface area contributed by atoms with Gasteiger partial charge in [0.2, 0.25) is 5.89 Å². The normalized spacial score (nSPS) is 18.4. The van der Waals surface area contributed by atoms with Gasteiger partial charge in [0, 0.05) is 24.2 Å². The van der Waals surface area contributed by atoms with E-state index in [0.717, 1.165) is 43.5 Å². The van der Waals surface area contributed by atoms with E-state index in [1.807, 2.05) is 18.2 Å². The topological polar surface area (TPSA) is 62.4 Å². The molecule has 1 aliphatic rings. The number of nitrogens with zero attached hydrogens (tertiary/aromatic N) is 3. The van der Waals surface area contributed by atoms with Gasteiger partial charge in [0.15, 0.2) is 5.82 Å². The number of aliphatic hydroxyl groups is 1. The summed E-state index contributed by atoms with van der Waals surface area (Å²) >= 11 is 0. The second kappa shape index (κ2) is 6.26. The van der Waals surface area contributed by atoms with E-state index in [1.165, 1.54) is 0 Å². The van der Waals surface area contributed by atoms with Gasteiger partial charge in [-0.25, -0.2) is 0 Å². The summed E-state index contributed by atoms with van der Waals surface area (Å²) < 4.78 is 5.25. The zero-order chi connectivity index (χ0) is 14.7. The fraction of sp³-hybridized carbons (Fsp3) is 0.500. The molecule has 112 valence electrons. The van der Waals surface area contributed by atoms with Crippen LogP contribution in [0.5, 0.6) is 0 Å². The monoisotopic (exact) mass is 287 g/mol. The number of para-hydroxylation sites is 1. The van der Waals surface area contributed by atoms with E-state index in [4.69, 9.17) is 4.52 Å². The van der Waals surface area contributed by atoms with Gasteiger partial charge in [0.25, 0.3) is 0 Å². The zero-order valence-corrected chi connectivity index (χ0v) is 12.3. The Bertz CT molecular complexity index is 597. The molecule has 1 aliphatic heterocycles. The van der Waals surface area contributed by atoms with Crippen LogP contribution in [0, 0.1) is 0 Å². The Kier molecular flexibility index (Phi) is 4.20. The molecule has 1 N–H and O–H groups in total. The largest absolute Gasteiger partial charge is 0.388 e. The van der Waals surface area contributed by atoms with Crippen LogP contribution in [-0.4, -0.2) is 21.8 Å². The third-order valence-corrected chi connectivity index (χ3v) is 3.85. The molecule has 0 fully saturated rings. The summed E-state index contributed by atoms with van der Waals surface area (Å²) in [5.74, 6) is 1.42. The van der Waals surface area contributed by atoms with Crippen LogP contribution in [0.2, 0.25) is 0 Å². The standard InChI is InChI=1S/C16H21N3O2/c1-2-6-16-17-15(18-21-16)11-19-10-5-9-14(20)12-7-3-4-8-13(12)19/h3-4,7-8,14,20H,2,5-6,9-11H2,1H3. The summed E-state index contributed by atoms with van der Waals surface area (Å²) in [6, 6.07) is 8.02. The molecule has 0 saturated heterocycles. The highest BCUT2D eigenvalue weighted by Crippen LogP contribution is 2.33. The number of aromatic nitrogens is 2. The van der Waals surface area contributed by atoms with Crippen LogP contribution in [0.15, 0.2) is 28.8 Å². The van der Waals surface area contributed by atoms with Crippen LogP contribution in [-0.2, 0) is 13.0 Å². The third kappa shape index (κ3) is 3.08. The van der Waals surface area contributed by atoms with Crippen molar-refractivity contribution in [2.24, 2.45) is 0 Å². The molecular formula is C16H21N3O2. The van der Waals surface area contributed by atoms with Crippen LogP contribution < -0.4 is 4.90 Å². The maximum absolute atomic E-state index is 10.2. The lowest BCUT2D eigenvalue weighted by atomic mass is 10.0. The summed E-state index contributed by atoms with van der Waals surface area (Å²) in [5, 5.41) is 14.3. The highest BCUT2D eigenvalue weighted by molar-refractivity contribution is 5.55. The Balaban J connectivity index is 1.82. The number of anilines is 1. The predicted molar refractivity (Wildman–Crippen MR) is 80.0 cm³/mol. The van der Waals surface area contributed by atoms with Crippen molar-refractivity contribution in [1.82, 2.24) is 10.1 Å². The van der Waals surface area contributed by atoms with Gasteiger partial charge in [-0.1, -0.05) is 30.3 Å². The fourth-order valence-corrected chi connectivity index (χ4v) is 2.81. The summed E-state index contributed by atoms with van der Waals surface area (Å²) in [4.78, 5) is 6.66. The Hall–Kier alpha value is -1.88. The smallest absolute Gasteiger partial charge is 0.226 e. The molecule has 1 atom stereocenters. The highest BCUT2D eigenvalue weighted by atomic mass is 16.5. The minimum absolute atomic E-state index is 0.382. The molecule has 0 aliphatic carbocycles. The van der Waals surface area contributed by atoms with Crippen LogP contribution in [0.25, 0.3) is 0 Å². The molecule has 2 heterocycles. The van der Waals surface area contributed by atoms with Gasteiger partial charge in [-0.3, -0.25) is 0 Å². The molecule has 0 spiro atoms. The summed E-state index contributed by atoms with van der Waals surface area (Å²) in [6.45, 7) is 3.61. The maximum atomic E-state index is 10.2. The Morgan fingerprint density at radius 1 is 1.38 bits per heavy atom. The second-order valence-corrected chi connectivity index (χ2v) is 5.49. The van der Waals surface area contributed by atoms with E-state index in [1.54, 1.807) is 0 Å². The van der Waals surface area contributed by atoms with Gasteiger partial charge < -0.3 is 14.5 Å². The van der Waals surface area contributed by atoms with Crippen LogP contribution in [0.1, 0.15) is 49.6 Å². The minimum Gasteiger partial charge on any atom is -0.388 e. The summed E-state index contributed by atoms with van der Waals surface area (Å²) in [5.41, 5.74) is 2.07. The molecule has 21 heavy (non-hydrogen) atoms. The van der Waals surface area contributed by atoms with Crippen molar-refractivity contribution in [2.75, 3.05) is 11.4 Å². The molecule has 2 aromatic rings. The predicted octanol–water partition coefficient (Wildman–Crippen LogP) is 2.86. The quantitative estimate of drug-likeness (QED) is 0.937. The van der Waals surface area contributed by atoms with E-state index in [0.29, 0.717) is 18.3 Å². The number of rotatable bonds is 4. The molecule has 1 unspecified atom stereocenters. The van der Waals surface area contributed by atoms with Gasteiger partial charge in [-0.2, -0.15) is 4.98 Å². The van der Waals surface area contributed by atoms with Gasteiger partial charge in [0.1, 0.15) is 0 Å². The van der Waals surface area contributed by atoms with E-state index >= 15 is 0 Å². The number of aliphatic hydroxyl groups excluding tert-OH is 1. The third-order valence-electron chi connectivity index (χ3n) is 3.85. The number of aryl methyl sites for hydroxylation is 1. The van der Waals surface area contributed by atoms with Gasteiger partial charge in [-0.15, -0.1) is 0 Å². The molecule has 0 bridgehead atoms. The van der Waals surface area contributed by atoms with Crippen LogP contribution in [0.4, 0.5) is 5.69 Å². The van der Waals surface area contributed by atoms with Crippen molar-refractivity contribution in [1.29, 1.82) is 0 Å². The van der Waals surface area contributed by atoms with E-state index < -0.39 is 0 Å². The lowest BCUT2D eigenvalue weighted by Crippen LogP contribution is -2.24. The lowest BCUT2D eigenvalue weighted by molar-refractivity contribution is 0.168. The van der Waals surface area contributed by atoms with Crippen LogP contribution >= 0.6 is 0 Å². The molecule has 1 aromatic carbocycles. The molecule has 3 rings (SSSR count). The number of fused-ring (bicyclic) bond motifs is 1. The first kappa shape index (κ1) is 14.1. The van der Waals surface area contributed by atoms with E-state index in [2.05, 4.69) is 28.0 Å². The molecule has 1 aromatic heterocycles. The molecule has 0 radical (unpaired) electrons. The van der Waals surface area contributed by atoms with Crippen molar-refractivity contribution >= 4 is 5.69 Å². The Labute approximate surface area is 124 Å². The SMILES string of the molecule is CCCc1nc(CN2CCCC(O)c3ccccc32)no1. The fourth-order valence-electron chi connectivity index (χ4n) is 2.81. The van der Waals surface area contributed by atoms with Crippen molar-refractivity contribution in [3.63, 3.8) is 0 Å². The molecule has 0 saturated carbocycles. The first-order valence-electron chi connectivity index (χ1n) is 7.61. The first-order chi connectivity index (χ1) is 10.3. The summed E-state index contributed by atoms with van der Waals surface area (Å²) in [6.07, 6.45) is 3.19. The van der Waals surface area contributed by atoms with Crippen LogP contribution in [0.3, 0.4) is 0 Å². The molecular weight excluding hydrogens is 266 g/mol. The maximum Gasteiger partial charge on any atom is 0.226 e. The van der Waals surface area contributed by atoms with E-state index in [-0.39, 0.29) is 6.10 Å². The lowest BCUT2D eigenvalue weighted by Gasteiger charge is -2.23. The second-order valence-electron chi connectivity index (χ2n) is 5.49. The van der Waals surface area contributed by atoms with Gasteiger partial charge in [0.05, 0.1) is 12.6 Å². The van der Waals surface area contributed by atoms with Crippen molar-refractivity contribution < 1.29 is 9.63 Å². The molecule has 5 nitrogen and oxygen atoms in total. The van der Waals surface area contributed by atoms with Gasteiger partial charge in [-0.05, 0) is 25.3 Å². The van der Waals surface area contributed by atoms with Gasteiger partial charge >= 0.3 is 0 Å².